The maximum absolute atomic E-state index is 11.1. The van der Waals surface area contributed by atoms with Crippen molar-refractivity contribution < 1.29 is 19.1 Å². The highest BCUT2D eigenvalue weighted by Crippen LogP contribution is 2.13. The second-order valence-corrected chi connectivity index (χ2v) is 2.77. The molecule has 0 fully saturated rings. The third-order valence-corrected chi connectivity index (χ3v) is 1.73. The molecule has 0 radical (unpaired) electrons. The van der Waals surface area contributed by atoms with Gasteiger partial charge in [-0.2, -0.15) is 5.90 Å². The average molecular weight is 211 g/mol. The van der Waals surface area contributed by atoms with E-state index in [1.807, 2.05) is 0 Å². The molecule has 0 spiro atoms. The van der Waals surface area contributed by atoms with E-state index in [4.69, 9.17) is 15.4 Å². The first-order valence-electron chi connectivity index (χ1n) is 4.41. The second kappa shape index (κ2) is 6.00. The van der Waals surface area contributed by atoms with Gasteiger partial charge in [0.1, 0.15) is 12.4 Å². The molecule has 1 aromatic rings. The summed E-state index contributed by atoms with van der Waals surface area (Å²) in [7, 11) is 1.59. The summed E-state index contributed by atoms with van der Waals surface area (Å²) < 4.78 is 10.1. The van der Waals surface area contributed by atoms with Crippen LogP contribution < -0.4 is 10.6 Å². The highest BCUT2D eigenvalue weighted by atomic mass is 16.7. The van der Waals surface area contributed by atoms with Crippen molar-refractivity contribution in [2.75, 3.05) is 20.3 Å². The van der Waals surface area contributed by atoms with Crippen LogP contribution in [0.15, 0.2) is 24.3 Å². The first kappa shape index (κ1) is 11.5. The number of ether oxygens (including phenoxy) is 2. The summed E-state index contributed by atoms with van der Waals surface area (Å²) in [5, 5.41) is 0. The van der Waals surface area contributed by atoms with Gasteiger partial charge in [-0.25, -0.2) is 4.79 Å². The highest BCUT2D eigenvalue weighted by Gasteiger charge is 2.06. The topological polar surface area (TPSA) is 70.8 Å². The predicted octanol–water partition coefficient (Wildman–Crippen LogP) is 0.742. The van der Waals surface area contributed by atoms with Crippen molar-refractivity contribution in [1.82, 2.24) is 0 Å². The minimum absolute atomic E-state index is 0.354. The molecule has 0 aliphatic heterocycles. The molecule has 0 unspecified atom stereocenters. The van der Waals surface area contributed by atoms with Crippen LogP contribution in [-0.4, -0.2) is 26.3 Å². The van der Waals surface area contributed by atoms with Gasteiger partial charge in [0.25, 0.3) is 0 Å². The van der Waals surface area contributed by atoms with Gasteiger partial charge >= 0.3 is 5.97 Å². The number of carbonyl (C=O) groups excluding carboxylic acids is 1. The molecule has 82 valence electrons. The number of hydrogen-bond acceptors (Lipinski definition) is 5. The molecule has 0 aromatic heterocycles. The monoisotopic (exact) mass is 211 g/mol. The molecule has 0 bridgehead atoms. The Morgan fingerprint density at radius 1 is 1.40 bits per heavy atom. The third kappa shape index (κ3) is 3.57. The largest absolute Gasteiger partial charge is 0.491 e. The van der Waals surface area contributed by atoms with Gasteiger partial charge in [0, 0.05) is 7.11 Å². The van der Waals surface area contributed by atoms with Crippen molar-refractivity contribution >= 4 is 5.97 Å². The molecule has 5 nitrogen and oxygen atoms in total. The van der Waals surface area contributed by atoms with Crippen LogP contribution in [-0.2, 0) is 9.57 Å². The lowest BCUT2D eigenvalue weighted by Crippen LogP contribution is -2.10. The standard InChI is InChI=1S/C10H13NO4/c1-13-5-6-14-9-4-2-3-8(7-9)10(12)15-11/h2-4,7H,5-6,11H2,1H3. The molecule has 0 aliphatic carbocycles. The van der Waals surface area contributed by atoms with E-state index in [0.29, 0.717) is 24.5 Å². The van der Waals surface area contributed by atoms with Gasteiger partial charge in [0.15, 0.2) is 0 Å². The zero-order valence-electron chi connectivity index (χ0n) is 8.43. The Bertz CT molecular complexity index is 327. The van der Waals surface area contributed by atoms with Crippen molar-refractivity contribution in [3.8, 4) is 5.75 Å². The number of carbonyl (C=O) groups is 1. The van der Waals surface area contributed by atoms with E-state index in [1.54, 1.807) is 31.4 Å². The van der Waals surface area contributed by atoms with Crippen LogP contribution in [0.1, 0.15) is 10.4 Å². The molecule has 1 rings (SSSR count). The molecule has 0 aliphatic rings. The Labute approximate surface area is 87.7 Å². The van der Waals surface area contributed by atoms with Crippen molar-refractivity contribution in [2.24, 2.45) is 5.90 Å². The molecule has 0 amide bonds. The zero-order chi connectivity index (χ0) is 11.1. The molecule has 2 N–H and O–H groups in total. The average Bonchev–Trinajstić information content (AvgIpc) is 2.29. The van der Waals surface area contributed by atoms with E-state index in [9.17, 15) is 4.79 Å². The highest BCUT2D eigenvalue weighted by molar-refractivity contribution is 5.89. The minimum atomic E-state index is -0.591. The summed E-state index contributed by atoms with van der Waals surface area (Å²) in [6.45, 7) is 0.920. The Hall–Kier alpha value is -1.59. The predicted molar refractivity (Wildman–Crippen MR) is 53.4 cm³/mol. The molecule has 0 heterocycles. The number of rotatable bonds is 5. The first-order valence-corrected chi connectivity index (χ1v) is 4.41. The van der Waals surface area contributed by atoms with Gasteiger partial charge in [-0.05, 0) is 18.2 Å². The van der Waals surface area contributed by atoms with Crippen LogP contribution >= 0.6 is 0 Å². The van der Waals surface area contributed by atoms with E-state index in [2.05, 4.69) is 4.84 Å². The van der Waals surface area contributed by atoms with Crippen molar-refractivity contribution in [2.45, 2.75) is 0 Å². The fourth-order valence-electron chi connectivity index (χ4n) is 1.02. The zero-order valence-corrected chi connectivity index (χ0v) is 8.43. The van der Waals surface area contributed by atoms with Gasteiger partial charge < -0.3 is 14.3 Å². The van der Waals surface area contributed by atoms with Crippen LogP contribution in [0.4, 0.5) is 0 Å². The molecule has 0 saturated carbocycles. The van der Waals surface area contributed by atoms with E-state index < -0.39 is 5.97 Å². The van der Waals surface area contributed by atoms with Gasteiger partial charge in [0.05, 0.1) is 12.2 Å². The van der Waals surface area contributed by atoms with E-state index in [1.165, 1.54) is 0 Å². The summed E-state index contributed by atoms with van der Waals surface area (Å²) in [4.78, 5) is 15.2. The van der Waals surface area contributed by atoms with Gasteiger partial charge in [0.2, 0.25) is 0 Å². The summed E-state index contributed by atoms with van der Waals surface area (Å²) in [5.41, 5.74) is 0.354. The normalized spacial score (nSPS) is 9.73. The van der Waals surface area contributed by atoms with Crippen LogP contribution in [0.3, 0.4) is 0 Å². The molecule has 15 heavy (non-hydrogen) atoms. The first-order chi connectivity index (χ1) is 7.27. The quantitative estimate of drug-likeness (QED) is 0.574. The van der Waals surface area contributed by atoms with Gasteiger partial charge in [-0.15, -0.1) is 0 Å². The SMILES string of the molecule is COCCOc1cccc(C(=O)ON)c1. The Morgan fingerprint density at radius 2 is 2.20 bits per heavy atom. The molecular formula is C10H13NO4. The molecule has 0 atom stereocenters. The van der Waals surface area contributed by atoms with Gasteiger partial charge in [-0.1, -0.05) is 6.07 Å². The number of hydrogen-bond donors (Lipinski definition) is 1. The van der Waals surface area contributed by atoms with Crippen LogP contribution in [0.2, 0.25) is 0 Å². The van der Waals surface area contributed by atoms with Crippen LogP contribution in [0, 0.1) is 0 Å². The van der Waals surface area contributed by atoms with Crippen molar-refractivity contribution in [1.29, 1.82) is 0 Å². The molecule has 1 aromatic carbocycles. The number of methoxy groups -OCH3 is 1. The third-order valence-electron chi connectivity index (χ3n) is 1.73. The van der Waals surface area contributed by atoms with Crippen LogP contribution in [0.5, 0.6) is 5.75 Å². The lowest BCUT2D eigenvalue weighted by Gasteiger charge is -2.06. The smallest absolute Gasteiger partial charge is 0.356 e. The lowest BCUT2D eigenvalue weighted by molar-refractivity contribution is 0.0503. The Balaban J connectivity index is 2.62. The summed E-state index contributed by atoms with van der Waals surface area (Å²) in [5.74, 6) is 4.75. The lowest BCUT2D eigenvalue weighted by atomic mass is 10.2. The van der Waals surface area contributed by atoms with Crippen molar-refractivity contribution in [3.63, 3.8) is 0 Å². The summed E-state index contributed by atoms with van der Waals surface area (Å²) in [6, 6.07) is 6.58. The summed E-state index contributed by atoms with van der Waals surface area (Å²) in [6.07, 6.45) is 0. The fourth-order valence-corrected chi connectivity index (χ4v) is 1.02. The Morgan fingerprint density at radius 3 is 2.87 bits per heavy atom. The van der Waals surface area contributed by atoms with Crippen molar-refractivity contribution in [3.05, 3.63) is 29.8 Å². The van der Waals surface area contributed by atoms with E-state index in [-0.39, 0.29) is 0 Å². The minimum Gasteiger partial charge on any atom is -0.491 e. The fraction of sp³-hybridized carbons (Fsp3) is 0.300. The Kier molecular flexibility index (Phi) is 4.59. The molecule has 5 heteroatoms. The van der Waals surface area contributed by atoms with Gasteiger partial charge in [-0.3, -0.25) is 0 Å². The number of nitrogens with two attached hydrogens (primary N) is 1. The van der Waals surface area contributed by atoms with E-state index in [0.717, 1.165) is 0 Å². The summed E-state index contributed by atoms with van der Waals surface area (Å²) >= 11 is 0. The van der Waals surface area contributed by atoms with E-state index >= 15 is 0 Å². The number of benzene rings is 1. The molecular weight excluding hydrogens is 198 g/mol. The molecule has 0 saturated heterocycles. The maximum Gasteiger partial charge on any atom is 0.356 e. The maximum atomic E-state index is 11.1. The van der Waals surface area contributed by atoms with Crippen LogP contribution in [0.25, 0.3) is 0 Å². The second-order valence-electron chi connectivity index (χ2n) is 2.77.